The molecular formula is C24H28N3O3+. The van der Waals surface area contributed by atoms with Crippen molar-refractivity contribution >= 4 is 28.5 Å². The Bertz CT molecular complexity index is 1070. The number of benzene rings is 2. The second-order valence-corrected chi connectivity index (χ2v) is 8.09. The number of hydrogen-bond donors (Lipinski definition) is 2. The van der Waals surface area contributed by atoms with Gasteiger partial charge in [-0.25, -0.2) is 0 Å². The molecule has 2 N–H and O–H groups in total. The molecule has 4 rings (SSSR count). The summed E-state index contributed by atoms with van der Waals surface area (Å²) in [5.41, 5.74) is 4.66. The van der Waals surface area contributed by atoms with Crippen molar-refractivity contribution in [1.82, 2.24) is 4.90 Å². The molecule has 6 heteroatoms. The summed E-state index contributed by atoms with van der Waals surface area (Å²) in [6, 6.07) is 13.7. The topological polar surface area (TPSA) is 67.0 Å². The molecule has 2 heterocycles. The highest BCUT2D eigenvalue weighted by molar-refractivity contribution is 5.99. The van der Waals surface area contributed by atoms with E-state index in [0.717, 1.165) is 46.4 Å². The molecule has 1 fully saturated rings. The second kappa shape index (κ2) is 8.32. The molecule has 1 saturated heterocycles. The lowest BCUT2D eigenvalue weighted by molar-refractivity contribution is -0.895. The summed E-state index contributed by atoms with van der Waals surface area (Å²) in [5, 5.41) is 4.03. The summed E-state index contributed by atoms with van der Waals surface area (Å²) in [5.74, 6) is 0.366. The van der Waals surface area contributed by atoms with Gasteiger partial charge in [0.1, 0.15) is 5.58 Å². The maximum Gasteiger partial charge on any atom is 0.290 e. The summed E-state index contributed by atoms with van der Waals surface area (Å²) in [6.07, 6.45) is 0. The third kappa shape index (κ3) is 3.96. The van der Waals surface area contributed by atoms with Crippen LogP contribution in [0, 0.1) is 20.8 Å². The van der Waals surface area contributed by atoms with Crippen LogP contribution in [0.2, 0.25) is 0 Å². The number of carbonyl (C=O) groups is 2. The molecule has 0 aliphatic carbocycles. The number of fused-ring (bicyclic) bond motifs is 1. The van der Waals surface area contributed by atoms with Crippen LogP contribution < -0.4 is 10.2 Å². The van der Waals surface area contributed by atoms with Crippen molar-refractivity contribution < 1.29 is 18.9 Å². The van der Waals surface area contributed by atoms with Crippen LogP contribution in [0.1, 0.15) is 27.2 Å². The van der Waals surface area contributed by atoms with E-state index in [2.05, 4.69) is 5.32 Å². The largest absolute Gasteiger partial charge is 0.451 e. The lowest BCUT2D eigenvalue weighted by Gasteiger charge is -2.31. The predicted octanol–water partition coefficient (Wildman–Crippen LogP) is 2.34. The van der Waals surface area contributed by atoms with Gasteiger partial charge in [0, 0.05) is 16.6 Å². The van der Waals surface area contributed by atoms with E-state index in [1.165, 1.54) is 4.90 Å². The van der Waals surface area contributed by atoms with Gasteiger partial charge in [0.2, 0.25) is 0 Å². The summed E-state index contributed by atoms with van der Waals surface area (Å²) in [7, 11) is 0. The molecule has 1 aliphatic rings. The fourth-order valence-corrected chi connectivity index (χ4v) is 4.15. The van der Waals surface area contributed by atoms with Crippen molar-refractivity contribution in [2.24, 2.45) is 0 Å². The van der Waals surface area contributed by atoms with Crippen LogP contribution in [0.4, 0.5) is 5.69 Å². The van der Waals surface area contributed by atoms with E-state index in [4.69, 9.17) is 4.42 Å². The summed E-state index contributed by atoms with van der Waals surface area (Å²) in [4.78, 5) is 28.5. The number of hydrogen-bond acceptors (Lipinski definition) is 3. The quantitative estimate of drug-likeness (QED) is 0.699. The van der Waals surface area contributed by atoms with Crippen molar-refractivity contribution in [1.29, 1.82) is 0 Å². The molecule has 0 unspecified atom stereocenters. The Hall–Kier alpha value is -3.12. The minimum atomic E-state index is -0.0669. The zero-order valence-electron chi connectivity index (χ0n) is 17.7. The van der Waals surface area contributed by atoms with Crippen LogP contribution in [0.5, 0.6) is 0 Å². The molecule has 156 valence electrons. The first kappa shape index (κ1) is 20.2. The third-order valence-corrected chi connectivity index (χ3v) is 5.95. The van der Waals surface area contributed by atoms with Crippen molar-refractivity contribution in [3.05, 3.63) is 64.9 Å². The van der Waals surface area contributed by atoms with E-state index in [-0.39, 0.29) is 11.8 Å². The molecule has 1 aliphatic heterocycles. The highest BCUT2D eigenvalue weighted by atomic mass is 16.3. The van der Waals surface area contributed by atoms with Crippen LogP contribution >= 0.6 is 0 Å². The summed E-state index contributed by atoms with van der Waals surface area (Å²) >= 11 is 0. The van der Waals surface area contributed by atoms with Crippen molar-refractivity contribution in [3.8, 4) is 0 Å². The number of quaternary nitrogens is 1. The Morgan fingerprint density at radius 1 is 1.00 bits per heavy atom. The minimum absolute atomic E-state index is 0.00954. The monoisotopic (exact) mass is 406 g/mol. The van der Waals surface area contributed by atoms with Gasteiger partial charge in [-0.05, 0) is 38.0 Å². The zero-order chi connectivity index (χ0) is 21.3. The number of piperazine rings is 1. The van der Waals surface area contributed by atoms with Gasteiger partial charge in [-0.1, -0.05) is 36.4 Å². The molecule has 1 aromatic heterocycles. The molecule has 2 aromatic carbocycles. The smallest absolute Gasteiger partial charge is 0.290 e. The Balaban J connectivity index is 1.35. The van der Waals surface area contributed by atoms with Crippen LogP contribution in [0.3, 0.4) is 0 Å². The van der Waals surface area contributed by atoms with Crippen molar-refractivity contribution in [2.75, 3.05) is 38.0 Å². The lowest BCUT2D eigenvalue weighted by Crippen LogP contribution is -3.15. The molecule has 0 atom stereocenters. The van der Waals surface area contributed by atoms with Gasteiger partial charge in [0.15, 0.2) is 12.3 Å². The number of nitrogens with one attached hydrogen (secondary N) is 2. The fourth-order valence-electron chi connectivity index (χ4n) is 4.15. The Kier molecular flexibility index (Phi) is 5.59. The van der Waals surface area contributed by atoms with Gasteiger partial charge in [-0.3, -0.25) is 9.59 Å². The van der Waals surface area contributed by atoms with Crippen molar-refractivity contribution in [3.63, 3.8) is 0 Å². The number of nitrogens with zero attached hydrogens (tertiary/aromatic N) is 1. The van der Waals surface area contributed by atoms with E-state index in [9.17, 15) is 9.59 Å². The number of rotatable bonds is 4. The molecule has 2 amide bonds. The molecule has 30 heavy (non-hydrogen) atoms. The normalized spacial score (nSPS) is 14.8. The SMILES string of the molecule is Cc1cccc(C)c1NC(=O)C[NH+]1CCN(C(=O)c2oc3ccccc3c2C)CC1. The van der Waals surface area contributed by atoms with Gasteiger partial charge in [-0.15, -0.1) is 0 Å². The molecule has 3 aromatic rings. The van der Waals surface area contributed by atoms with Crippen LogP contribution in [0.15, 0.2) is 46.9 Å². The van der Waals surface area contributed by atoms with Gasteiger partial charge in [0.25, 0.3) is 11.8 Å². The Morgan fingerprint density at radius 3 is 2.33 bits per heavy atom. The van der Waals surface area contributed by atoms with Crippen LogP contribution in [-0.2, 0) is 4.79 Å². The summed E-state index contributed by atoms with van der Waals surface area (Å²) < 4.78 is 5.83. The van der Waals surface area contributed by atoms with E-state index in [1.807, 2.05) is 68.1 Å². The standard InChI is InChI=1S/C24H27N3O3/c1-16-7-6-8-17(2)22(16)25-21(28)15-26-11-13-27(14-12-26)24(29)23-18(3)19-9-4-5-10-20(19)30-23/h4-10H,11-15H2,1-3H3,(H,25,28)/p+1. The van der Waals surface area contributed by atoms with Gasteiger partial charge >= 0.3 is 0 Å². The van der Waals surface area contributed by atoms with E-state index in [0.29, 0.717) is 25.4 Å². The first-order chi connectivity index (χ1) is 14.4. The number of anilines is 1. The van der Waals surface area contributed by atoms with Gasteiger partial charge < -0.3 is 19.5 Å². The van der Waals surface area contributed by atoms with Crippen LogP contribution in [-0.4, -0.2) is 49.4 Å². The average Bonchev–Trinajstić information content (AvgIpc) is 3.08. The number of carbonyl (C=O) groups excluding carboxylic acids is 2. The molecule has 6 nitrogen and oxygen atoms in total. The molecule has 0 spiro atoms. The third-order valence-electron chi connectivity index (χ3n) is 5.95. The second-order valence-electron chi connectivity index (χ2n) is 8.09. The fraction of sp³-hybridized carbons (Fsp3) is 0.333. The highest BCUT2D eigenvalue weighted by Crippen LogP contribution is 2.26. The van der Waals surface area contributed by atoms with Gasteiger partial charge in [-0.2, -0.15) is 0 Å². The number of aryl methyl sites for hydroxylation is 3. The molecule has 0 radical (unpaired) electrons. The molecule has 0 bridgehead atoms. The highest BCUT2D eigenvalue weighted by Gasteiger charge is 2.29. The first-order valence-corrected chi connectivity index (χ1v) is 10.4. The number of furan rings is 1. The maximum atomic E-state index is 13.0. The molecule has 0 saturated carbocycles. The number of amides is 2. The lowest BCUT2D eigenvalue weighted by atomic mass is 10.1. The number of para-hydroxylation sites is 2. The minimum Gasteiger partial charge on any atom is -0.451 e. The first-order valence-electron chi connectivity index (χ1n) is 10.4. The predicted molar refractivity (Wildman–Crippen MR) is 117 cm³/mol. The molecular weight excluding hydrogens is 378 g/mol. The Labute approximate surface area is 176 Å². The van der Waals surface area contributed by atoms with Gasteiger partial charge in [0.05, 0.1) is 26.2 Å². The van der Waals surface area contributed by atoms with Crippen molar-refractivity contribution in [2.45, 2.75) is 20.8 Å². The Morgan fingerprint density at radius 2 is 1.67 bits per heavy atom. The summed E-state index contributed by atoms with van der Waals surface area (Å²) in [6.45, 7) is 9.04. The van der Waals surface area contributed by atoms with E-state index < -0.39 is 0 Å². The average molecular weight is 407 g/mol. The van der Waals surface area contributed by atoms with Crippen LogP contribution in [0.25, 0.3) is 11.0 Å². The zero-order valence-corrected chi connectivity index (χ0v) is 17.7. The van der Waals surface area contributed by atoms with E-state index >= 15 is 0 Å². The van der Waals surface area contributed by atoms with E-state index in [1.54, 1.807) is 0 Å². The maximum absolute atomic E-state index is 13.0.